The molecule has 0 aliphatic heterocycles. The van der Waals surface area contributed by atoms with Crippen LogP contribution in [0.1, 0.15) is 10.4 Å². The standard InChI is InChI=1S/C18H15N5O2S/c1-2-10-19-18(25)12-6-3-4-7-13(12)20-11-16(24)21-14-8-5-9-15-17(14)23-26-22-15/h1,3-9,20H,10-11H2,(H,19,25)(H,21,24). The largest absolute Gasteiger partial charge is 0.376 e. The van der Waals surface area contributed by atoms with Gasteiger partial charge in [-0.15, -0.1) is 6.42 Å². The molecule has 8 heteroatoms. The third-order valence-electron chi connectivity index (χ3n) is 3.52. The van der Waals surface area contributed by atoms with E-state index in [0.29, 0.717) is 22.5 Å². The van der Waals surface area contributed by atoms with Gasteiger partial charge < -0.3 is 16.0 Å². The Morgan fingerprint density at radius 3 is 2.73 bits per heavy atom. The second-order valence-corrected chi connectivity index (χ2v) is 5.80. The molecule has 3 aromatic rings. The van der Waals surface area contributed by atoms with E-state index in [1.165, 1.54) is 0 Å². The number of aromatic nitrogens is 2. The molecular formula is C18H15N5O2S. The van der Waals surface area contributed by atoms with E-state index in [1.54, 1.807) is 36.4 Å². The fraction of sp³-hybridized carbons (Fsp3) is 0.111. The number of anilines is 2. The third kappa shape index (κ3) is 3.96. The number of amides is 2. The maximum absolute atomic E-state index is 12.3. The fourth-order valence-corrected chi connectivity index (χ4v) is 2.89. The number of hydrogen-bond acceptors (Lipinski definition) is 6. The van der Waals surface area contributed by atoms with Crippen molar-refractivity contribution in [2.75, 3.05) is 23.7 Å². The van der Waals surface area contributed by atoms with E-state index < -0.39 is 0 Å². The Labute approximate surface area is 154 Å². The molecule has 0 saturated carbocycles. The third-order valence-corrected chi connectivity index (χ3v) is 4.06. The number of para-hydroxylation sites is 1. The molecule has 2 aromatic carbocycles. The minimum atomic E-state index is -0.301. The monoisotopic (exact) mass is 365 g/mol. The lowest BCUT2D eigenvalue weighted by Gasteiger charge is -2.12. The van der Waals surface area contributed by atoms with Crippen LogP contribution < -0.4 is 16.0 Å². The molecule has 0 aliphatic carbocycles. The number of hydrogen-bond donors (Lipinski definition) is 3. The van der Waals surface area contributed by atoms with Gasteiger partial charge in [0.2, 0.25) is 5.91 Å². The Morgan fingerprint density at radius 2 is 1.88 bits per heavy atom. The van der Waals surface area contributed by atoms with E-state index in [2.05, 4.69) is 30.6 Å². The summed E-state index contributed by atoms with van der Waals surface area (Å²) in [5, 5.41) is 8.38. The molecule has 0 atom stereocenters. The lowest BCUT2D eigenvalue weighted by atomic mass is 10.1. The first kappa shape index (κ1) is 17.4. The van der Waals surface area contributed by atoms with Gasteiger partial charge in [0.25, 0.3) is 5.91 Å². The van der Waals surface area contributed by atoms with Crippen LogP contribution in [0.5, 0.6) is 0 Å². The maximum Gasteiger partial charge on any atom is 0.254 e. The second-order valence-electron chi connectivity index (χ2n) is 5.27. The van der Waals surface area contributed by atoms with E-state index in [9.17, 15) is 9.59 Å². The molecule has 1 aromatic heterocycles. The molecule has 1 heterocycles. The van der Waals surface area contributed by atoms with Crippen molar-refractivity contribution in [3.63, 3.8) is 0 Å². The van der Waals surface area contributed by atoms with E-state index in [-0.39, 0.29) is 24.9 Å². The van der Waals surface area contributed by atoms with Gasteiger partial charge in [-0.1, -0.05) is 24.1 Å². The highest BCUT2D eigenvalue weighted by Gasteiger charge is 2.12. The van der Waals surface area contributed by atoms with Crippen molar-refractivity contribution in [2.24, 2.45) is 0 Å². The Morgan fingerprint density at radius 1 is 1.08 bits per heavy atom. The van der Waals surface area contributed by atoms with Crippen molar-refractivity contribution in [1.82, 2.24) is 14.1 Å². The van der Waals surface area contributed by atoms with Crippen molar-refractivity contribution >= 4 is 46.0 Å². The fourth-order valence-electron chi connectivity index (χ4n) is 2.34. The van der Waals surface area contributed by atoms with Crippen LogP contribution in [0, 0.1) is 12.3 Å². The molecular weight excluding hydrogens is 350 g/mol. The van der Waals surface area contributed by atoms with Crippen LogP contribution in [0.2, 0.25) is 0 Å². The molecule has 0 unspecified atom stereocenters. The molecule has 0 radical (unpaired) electrons. The van der Waals surface area contributed by atoms with Crippen LogP contribution in [-0.4, -0.2) is 33.7 Å². The van der Waals surface area contributed by atoms with Crippen molar-refractivity contribution in [1.29, 1.82) is 0 Å². The Kier molecular flexibility index (Phi) is 5.41. The maximum atomic E-state index is 12.3. The van der Waals surface area contributed by atoms with Crippen molar-refractivity contribution < 1.29 is 9.59 Å². The smallest absolute Gasteiger partial charge is 0.254 e. The lowest BCUT2D eigenvalue weighted by Crippen LogP contribution is -2.26. The predicted molar refractivity (Wildman–Crippen MR) is 102 cm³/mol. The average molecular weight is 365 g/mol. The summed E-state index contributed by atoms with van der Waals surface area (Å²) >= 11 is 1.09. The Balaban J connectivity index is 1.66. The van der Waals surface area contributed by atoms with Crippen molar-refractivity contribution in [2.45, 2.75) is 0 Å². The molecule has 0 fully saturated rings. The summed E-state index contributed by atoms with van der Waals surface area (Å²) in [5.74, 6) is 1.79. The zero-order valence-electron chi connectivity index (χ0n) is 13.7. The van der Waals surface area contributed by atoms with Gasteiger partial charge in [0.1, 0.15) is 11.0 Å². The highest BCUT2D eigenvalue weighted by atomic mass is 32.1. The van der Waals surface area contributed by atoms with Gasteiger partial charge in [0.15, 0.2) is 0 Å². The molecule has 26 heavy (non-hydrogen) atoms. The summed E-state index contributed by atoms with van der Waals surface area (Å²) in [4.78, 5) is 24.4. The number of terminal acetylenes is 1. The van der Waals surface area contributed by atoms with Crippen LogP contribution in [0.4, 0.5) is 11.4 Å². The quantitative estimate of drug-likeness (QED) is 0.582. The van der Waals surface area contributed by atoms with Crippen LogP contribution in [-0.2, 0) is 4.79 Å². The van der Waals surface area contributed by atoms with Crippen LogP contribution in [0.15, 0.2) is 42.5 Å². The minimum absolute atomic E-state index is 0.00656. The molecule has 0 aliphatic rings. The molecule has 0 saturated heterocycles. The first-order chi connectivity index (χ1) is 12.7. The zero-order valence-corrected chi connectivity index (χ0v) is 14.5. The molecule has 0 bridgehead atoms. The number of nitrogens with zero attached hydrogens (tertiary/aromatic N) is 2. The summed E-state index contributed by atoms with van der Waals surface area (Å²) in [6.07, 6.45) is 5.15. The number of benzene rings is 2. The summed E-state index contributed by atoms with van der Waals surface area (Å²) in [7, 11) is 0. The number of nitrogens with one attached hydrogen (secondary N) is 3. The van der Waals surface area contributed by atoms with E-state index in [4.69, 9.17) is 6.42 Å². The van der Waals surface area contributed by atoms with Crippen LogP contribution >= 0.6 is 11.7 Å². The molecule has 130 valence electrons. The van der Waals surface area contributed by atoms with Crippen molar-refractivity contribution in [3.05, 3.63) is 48.0 Å². The topological polar surface area (TPSA) is 96.0 Å². The lowest BCUT2D eigenvalue weighted by molar-refractivity contribution is -0.114. The second kappa shape index (κ2) is 8.09. The molecule has 3 N–H and O–H groups in total. The normalized spacial score (nSPS) is 10.1. The van der Waals surface area contributed by atoms with Gasteiger partial charge in [-0.05, 0) is 24.3 Å². The summed E-state index contributed by atoms with van der Waals surface area (Å²) in [5.41, 5.74) is 2.95. The predicted octanol–water partition coefficient (Wildman–Crippen LogP) is 2.10. The average Bonchev–Trinajstić information content (AvgIpc) is 3.14. The summed E-state index contributed by atoms with van der Waals surface area (Å²) in [6.45, 7) is 0.132. The van der Waals surface area contributed by atoms with Crippen LogP contribution in [0.25, 0.3) is 11.0 Å². The van der Waals surface area contributed by atoms with E-state index >= 15 is 0 Å². The Bertz CT molecular complexity index is 992. The highest BCUT2D eigenvalue weighted by molar-refractivity contribution is 7.00. The highest BCUT2D eigenvalue weighted by Crippen LogP contribution is 2.21. The van der Waals surface area contributed by atoms with Gasteiger partial charge in [-0.3, -0.25) is 9.59 Å². The summed E-state index contributed by atoms with van der Waals surface area (Å²) in [6, 6.07) is 12.3. The van der Waals surface area contributed by atoms with Gasteiger partial charge >= 0.3 is 0 Å². The molecule has 7 nitrogen and oxygen atoms in total. The number of carbonyl (C=O) groups is 2. The van der Waals surface area contributed by atoms with Crippen molar-refractivity contribution in [3.8, 4) is 12.3 Å². The SMILES string of the molecule is C#CCNC(=O)c1ccccc1NCC(=O)Nc1cccc2nsnc12. The first-order valence-electron chi connectivity index (χ1n) is 7.74. The molecule has 0 spiro atoms. The minimum Gasteiger partial charge on any atom is -0.376 e. The molecule has 3 rings (SSSR count). The number of fused-ring (bicyclic) bond motifs is 1. The molecule has 2 amide bonds. The van der Waals surface area contributed by atoms with Gasteiger partial charge in [0, 0.05) is 5.69 Å². The zero-order chi connectivity index (χ0) is 18.4. The van der Waals surface area contributed by atoms with Gasteiger partial charge in [-0.2, -0.15) is 8.75 Å². The van der Waals surface area contributed by atoms with Crippen LogP contribution in [0.3, 0.4) is 0 Å². The number of carbonyl (C=O) groups excluding carboxylic acids is 2. The summed E-state index contributed by atoms with van der Waals surface area (Å²) < 4.78 is 8.32. The number of rotatable bonds is 6. The van der Waals surface area contributed by atoms with Gasteiger partial charge in [0.05, 0.1) is 36.1 Å². The first-order valence-corrected chi connectivity index (χ1v) is 8.48. The van der Waals surface area contributed by atoms with E-state index in [1.807, 2.05) is 6.07 Å². The van der Waals surface area contributed by atoms with Gasteiger partial charge in [-0.25, -0.2) is 0 Å². The van der Waals surface area contributed by atoms with E-state index in [0.717, 1.165) is 17.2 Å². The Hall–Kier alpha value is -3.44.